The van der Waals surface area contributed by atoms with Crippen LogP contribution >= 0.6 is 15.9 Å². The van der Waals surface area contributed by atoms with E-state index in [4.69, 9.17) is 11.0 Å². The molecule has 1 rings (SSSR count). The summed E-state index contributed by atoms with van der Waals surface area (Å²) in [5.41, 5.74) is 6.72. The van der Waals surface area contributed by atoms with Crippen LogP contribution in [0.1, 0.15) is 18.0 Å². The molecule has 0 aliphatic heterocycles. The van der Waals surface area contributed by atoms with Gasteiger partial charge in [-0.2, -0.15) is 5.26 Å². The Morgan fingerprint density at radius 1 is 1.58 bits per heavy atom. The molecule has 1 aromatic carbocycles. The largest absolute Gasteiger partial charge is 0.323 e. The molecule has 0 spiro atoms. The highest BCUT2D eigenvalue weighted by molar-refractivity contribution is 9.10. The van der Waals surface area contributed by atoms with Gasteiger partial charge in [0.05, 0.1) is 12.5 Å². The number of nitrogens with two attached hydrogens (primary N) is 1. The maximum absolute atomic E-state index is 8.43. The molecule has 2 N–H and O–H groups in total. The van der Waals surface area contributed by atoms with E-state index in [-0.39, 0.29) is 6.04 Å². The van der Waals surface area contributed by atoms with E-state index in [9.17, 15) is 0 Å². The van der Waals surface area contributed by atoms with Gasteiger partial charge in [-0.05, 0) is 17.7 Å². The lowest BCUT2D eigenvalue weighted by Gasteiger charge is -2.07. The molecule has 0 aliphatic rings. The molecular formula is C9H9BrN2. The van der Waals surface area contributed by atoms with Crippen molar-refractivity contribution in [3.63, 3.8) is 0 Å². The van der Waals surface area contributed by atoms with E-state index in [1.165, 1.54) is 0 Å². The average Bonchev–Trinajstić information content (AvgIpc) is 2.05. The van der Waals surface area contributed by atoms with E-state index in [1.54, 1.807) is 0 Å². The Morgan fingerprint density at radius 3 is 2.92 bits per heavy atom. The zero-order valence-corrected chi connectivity index (χ0v) is 8.08. The van der Waals surface area contributed by atoms with E-state index in [1.807, 2.05) is 30.3 Å². The van der Waals surface area contributed by atoms with Gasteiger partial charge >= 0.3 is 0 Å². The van der Waals surface area contributed by atoms with Crippen LogP contribution in [0, 0.1) is 11.3 Å². The normalized spacial score (nSPS) is 12.1. The SMILES string of the molecule is N#CCC(N)c1cccc(Br)c1. The molecule has 1 aromatic rings. The van der Waals surface area contributed by atoms with Gasteiger partial charge in [0.1, 0.15) is 0 Å². The molecule has 0 aromatic heterocycles. The number of benzene rings is 1. The van der Waals surface area contributed by atoms with Gasteiger partial charge in [-0.15, -0.1) is 0 Å². The quantitative estimate of drug-likeness (QED) is 0.839. The maximum Gasteiger partial charge on any atom is 0.0641 e. The molecule has 2 nitrogen and oxygen atoms in total. The molecule has 0 bridgehead atoms. The zero-order chi connectivity index (χ0) is 8.97. The summed E-state index contributed by atoms with van der Waals surface area (Å²) in [6, 6.07) is 9.57. The second kappa shape index (κ2) is 4.24. The molecule has 0 aliphatic carbocycles. The standard InChI is InChI=1S/C9H9BrN2/c10-8-3-1-2-7(6-8)9(12)4-5-11/h1-3,6,9H,4,12H2. The highest BCUT2D eigenvalue weighted by atomic mass is 79.9. The van der Waals surface area contributed by atoms with Crippen LogP contribution in [0.15, 0.2) is 28.7 Å². The summed E-state index contributed by atoms with van der Waals surface area (Å²) < 4.78 is 0.994. The van der Waals surface area contributed by atoms with Gasteiger partial charge in [-0.1, -0.05) is 28.1 Å². The fourth-order valence-electron chi connectivity index (χ4n) is 0.953. The highest BCUT2D eigenvalue weighted by Gasteiger charge is 2.04. The van der Waals surface area contributed by atoms with Crippen LogP contribution in [-0.4, -0.2) is 0 Å². The molecule has 0 radical (unpaired) electrons. The Hall–Kier alpha value is -0.850. The van der Waals surface area contributed by atoms with Crippen molar-refractivity contribution in [2.45, 2.75) is 12.5 Å². The van der Waals surface area contributed by atoms with E-state index < -0.39 is 0 Å². The highest BCUT2D eigenvalue weighted by Crippen LogP contribution is 2.18. The molecule has 0 saturated carbocycles. The summed E-state index contributed by atoms with van der Waals surface area (Å²) in [5, 5.41) is 8.43. The Labute approximate surface area is 80.1 Å². The molecule has 0 saturated heterocycles. The van der Waals surface area contributed by atoms with Crippen LogP contribution in [0.3, 0.4) is 0 Å². The number of hydrogen-bond donors (Lipinski definition) is 1. The van der Waals surface area contributed by atoms with Gasteiger partial charge in [-0.25, -0.2) is 0 Å². The summed E-state index contributed by atoms with van der Waals surface area (Å²) in [6.45, 7) is 0. The van der Waals surface area contributed by atoms with Gasteiger partial charge in [0.25, 0.3) is 0 Å². The van der Waals surface area contributed by atoms with Crippen molar-refractivity contribution in [3.8, 4) is 6.07 Å². The Kier molecular flexibility index (Phi) is 3.27. The number of rotatable bonds is 2. The van der Waals surface area contributed by atoms with Gasteiger partial charge in [0.2, 0.25) is 0 Å². The van der Waals surface area contributed by atoms with Crippen molar-refractivity contribution in [2.75, 3.05) is 0 Å². The van der Waals surface area contributed by atoms with Crippen molar-refractivity contribution >= 4 is 15.9 Å². The lowest BCUT2D eigenvalue weighted by Crippen LogP contribution is -2.08. The molecule has 12 heavy (non-hydrogen) atoms. The first-order chi connectivity index (χ1) is 5.74. The molecule has 0 fully saturated rings. The van der Waals surface area contributed by atoms with E-state index in [0.717, 1.165) is 10.0 Å². The predicted molar refractivity (Wildman–Crippen MR) is 51.3 cm³/mol. The fraction of sp³-hybridized carbons (Fsp3) is 0.222. The smallest absolute Gasteiger partial charge is 0.0641 e. The molecule has 0 amide bonds. The Morgan fingerprint density at radius 2 is 2.33 bits per heavy atom. The van der Waals surface area contributed by atoms with Crippen molar-refractivity contribution in [1.82, 2.24) is 0 Å². The maximum atomic E-state index is 8.43. The third kappa shape index (κ3) is 2.33. The average molecular weight is 225 g/mol. The number of hydrogen-bond acceptors (Lipinski definition) is 2. The lowest BCUT2D eigenvalue weighted by molar-refractivity contribution is 0.748. The van der Waals surface area contributed by atoms with Gasteiger partial charge in [-0.3, -0.25) is 0 Å². The van der Waals surface area contributed by atoms with Crippen LogP contribution in [0.2, 0.25) is 0 Å². The third-order valence-corrected chi connectivity index (χ3v) is 2.08. The first-order valence-corrected chi connectivity index (χ1v) is 4.41. The molecule has 0 heterocycles. The topological polar surface area (TPSA) is 49.8 Å². The van der Waals surface area contributed by atoms with Crippen LogP contribution in [0.4, 0.5) is 0 Å². The number of nitrogens with zero attached hydrogens (tertiary/aromatic N) is 1. The molecule has 62 valence electrons. The minimum Gasteiger partial charge on any atom is -0.323 e. The van der Waals surface area contributed by atoms with Crippen molar-refractivity contribution in [3.05, 3.63) is 34.3 Å². The van der Waals surface area contributed by atoms with Crippen LogP contribution in [-0.2, 0) is 0 Å². The summed E-state index contributed by atoms with van der Waals surface area (Å²) in [5.74, 6) is 0. The third-order valence-electron chi connectivity index (χ3n) is 1.59. The Bertz CT molecular complexity index is 304. The van der Waals surface area contributed by atoms with Crippen molar-refractivity contribution in [1.29, 1.82) is 5.26 Å². The minimum atomic E-state index is -0.174. The monoisotopic (exact) mass is 224 g/mol. The molecule has 3 heteroatoms. The minimum absolute atomic E-state index is 0.174. The van der Waals surface area contributed by atoms with Crippen molar-refractivity contribution < 1.29 is 0 Å². The van der Waals surface area contributed by atoms with E-state index in [0.29, 0.717) is 6.42 Å². The first-order valence-electron chi connectivity index (χ1n) is 3.62. The summed E-state index contributed by atoms with van der Waals surface area (Å²) in [4.78, 5) is 0. The molecule has 1 unspecified atom stereocenters. The van der Waals surface area contributed by atoms with Gasteiger partial charge in [0, 0.05) is 10.5 Å². The number of halogens is 1. The van der Waals surface area contributed by atoms with Gasteiger partial charge < -0.3 is 5.73 Å². The van der Waals surface area contributed by atoms with Gasteiger partial charge in [0.15, 0.2) is 0 Å². The predicted octanol–water partition coefficient (Wildman–Crippen LogP) is 2.36. The number of nitriles is 1. The molecule has 1 atom stereocenters. The summed E-state index contributed by atoms with van der Waals surface area (Å²) in [6.07, 6.45) is 0.358. The van der Waals surface area contributed by atoms with E-state index in [2.05, 4.69) is 15.9 Å². The lowest BCUT2D eigenvalue weighted by atomic mass is 10.1. The fourth-order valence-corrected chi connectivity index (χ4v) is 1.37. The summed E-state index contributed by atoms with van der Waals surface area (Å²) in [7, 11) is 0. The van der Waals surface area contributed by atoms with Crippen LogP contribution < -0.4 is 5.73 Å². The molecular weight excluding hydrogens is 216 g/mol. The van der Waals surface area contributed by atoms with Crippen LogP contribution in [0.25, 0.3) is 0 Å². The first kappa shape index (κ1) is 9.24. The Balaban J connectivity index is 2.82. The summed E-state index contributed by atoms with van der Waals surface area (Å²) >= 11 is 3.34. The second-order valence-corrected chi connectivity index (χ2v) is 3.44. The van der Waals surface area contributed by atoms with Crippen molar-refractivity contribution in [2.24, 2.45) is 5.73 Å². The zero-order valence-electron chi connectivity index (χ0n) is 6.50. The second-order valence-electron chi connectivity index (χ2n) is 2.52. The van der Waals surface area contributed by atoms with Crippen LogP contribution in [0.5, 0.6) is 0 Å². The van der Waals surface area contributed by atoms with E-state index >= 15 is 0 Å².